The van der Waals surface area contributed by atoms with Gasteiger partial charge in [-0.2, -0.15) is 0 Å². The summed E-state index contributed by atoms with van der Waals surface area (Å²) in [5.41, 5.74) is 0.661. The first-order chi connectivity index (χ1) is 9.85. The van der Waals surface area contributed by atoms with Crippen molar-refractivity contribution in [3.8, 4) is 0 Å². The van der Waals surface area contributed by atoms with Crippen LogP contribution in [0.5, 0.6) is 0 Å². The highest BCUT2D eigenvalue weighted by molar-refractivity contribution is 5.89. The molecule has 0 saturated heterocycles. The molecule has 0 amide bonds. The fourth-order valence-corrected chi connectivity index (χ4v) is 2.29. The van der Waals surface area contributed by atoms with Gasteiger partial charge in [0.1, 0.15) is 0 Å². The van der Waals surface area contributed by atoms with Crippen LogP contribution < -0.4 is 0 Å². The fourth-order valence-electron chi connectivity index (χ4n) is 2.29. The van der Waals surface area contributed by atoms with Gasteiger partial charge in [-0.05, 0) is 40.0 Å². The van der Waals surface area contributed by atoms with Gasteiger partial charge in [0.25, 0.3) is 0 Å². The molecule has 1 rings (SSSR count). The lowest BCUT2D eigenvalue weighted by Crippen LogP contribution is -2.40. The molecule has 118 valence electrons. The van der Waals surface area contributed by atoms with Crippen LogP contribution in [-0.2, 0) is 19.1 Å². The van der Waals surface area contributed by atoms with Crippen molar-refractivity contribution in [1.82, 2.24) is 0 Å². The summed E-state index contributed by atoms with van der Waals surface area (Å²) in [6, 6.07) is 0. The van der Waals surface area contributed by atoms with Gasteiger partial charge in [-0.25, -0.2) is 4.79 Å². The molecule has 0 aliphatic heterocycles. The molecule has 0 saturated carbocycles. The van der Waals surface area contributed by atoms with Gasteiger partial charge in [-0.3, -0.25) is 4.79 Å². The Kier molecular flexibility index (Phi) is 6.15. The average Bonchev–Trinajstić information content (AvgIpc) is 2.47. The molecule has 5 nitrogen and oxygen atoms in total. The van der Waals surface area contributed by atoms with Crippen LogP contribution in [0.15, 0.2) is 23.3 Å². The van der Waals surface area contributed by atoms with E-state index in [9.17, 15) is 14.7 Å². The average molecular weight is 296 g/mol. The zero-order chi connectivity index (χ0) is 16.0. The Balaban J connectivity index is 2.87. The number of hydrogen-bond donors (Lipinski definition) is 1. The number of methoxy groups -OCH3 is 1. The highest BCUT2D eigenvalue weighted by Crippen LogP contribution is 2.35. The number of esters is 2. The summed E-state index contributed by atoms with van der Waals surface area (Å²) in [6.45, 7) is 5.32. The molecular formula is C16H24O5. The number of ether oxygens (including phenoxy) is 2. The summed E-state index contributed by atoms with van der Waals surface area (Å²) in [4.78, 5) is 23.5. The lowest BCUT2D eigenvalue weighted by atomic mass is 9.77. The third-order valence-corrected chi connectivity index (χ3v) is 3.94. The van der Waals surface area contributed by atoms with Gasteiger partial charge in [0.2, 0.25) is 0 Å². The standard InChI is InChI=1S/C16H24O5/c1-5-21-15(19)16(3,11(2)17)10-12-6-8-13(9-7-12)14(18)20-4/h6,8,11,17H,5,7,9-10H2,1-4H3. The van der Waals surface area contributed by atoms with Crippen molar-refractivity contribution >= 4 is 11.9 Å². The maximum Gasteiger partial charge on any atom is 0.333 e. The van der Waals surface area contributed by atoms with E-state index in [2.05, 4.69) is 4.74 Å². The Hall–Kier alpha value is -1.62. The van der Waals surface area contributed by atoms with Crippen LogP contribution in [0.1, 0.15) is 40.0 Å². The maximum absolute atomic E-state index is 12.1. The quantitative estimate of drug-likeness (QED) is 0.760. The van der Waals surface area contributed by atoms with E-state index in [0.29, 0.717) is 24.8 Å². The number of aliphatic hydroxyl groups is 1. The number of aliphatic hydroxyl groups excluding tert-OH is 1. The van der Waals surface area contributed by atoms with Gasteiger partial charge in [-0.1, -0.05) is 17.7 Å². The molecule has 0 fully saturated rings. The third kappa shape index (κ3) is 4.17. The Morgan fingerprint density at radius 3 is 2.48 bits per heavy atom. The molecule has 5 heteroatoms. The molecule has 0 aromatic rings. The van der Waals surface area contributed by atoms with Gasteiger partial charge in [-0.15, -0.1) is 0 Å². The molecule has 21 heavy (non-hydrogen) atoms. The number of rotatable bonds is 6. The second-order valence-corrected chi connectivity index (χ2v) is 5.50. The lowest BCUT2D eigenvalue weighted by Gasteiger charge is -2.31. The van der Waals surface area contributed by atoms with E-state index in [1.807, 2.05) is 6.08 Å². The van der Waals surface area contributed by atoms with Crippen molar-refractivity contribution in [2.45, 2.75) is 46.1 Å². The second-order valence-electron chi connectivity index (χ2n) is 5.50. The predicted molar refractivity (Wildman–Crippen MR) is 78.5 cm³/mol. The van der Waals surface area contributed by atoms with Gasteiger partial charge >= 0.3 is 11.9 Å². The fraction of sp³-hybridized carbons (Fsp3) is 0.625. The van der Waals surface area contributed by atoms with Crippen molar-refractivity contribution in [3.05, 3.63) is 23.3 Å². The Morgan fingerprint density at radius 1 is 1.38 bits per heavy atom. The van der Waals surface area contributed by atoms with Gasteiger partial charge in [0.15, 0.2) is 0 Å². The first kappa shape index (κ1) is 17.4. The Morgan fingerprint density at radius 2 is 2.05 bits per heavy atom. The molecule has 2 unspecified atom stereocenters. The van der Waals surface area contributed by atoms with E-state index in [1.54, 1.807) is 26.8 Å². The zero-order valence-corrected chi connectivity index (χ0v) is 13.1. The van der Waals surface area contributed by atoms with Crippen LogP contribution in [0.4, 0.5) is 0 Å². The van der Waals surface area contributed by atoms with Gasteiger partial charge in [0.05, 0.1) is 25.2 Å². The van der Waals surface area contributed by atoms with Crippen LogP contribution >= 0.6 is 0 Å². The van der Waals surface area contributed by atoms with Crippen molar-refractivity contribution in [3.63, 3.8) is 0 Å². The minimum atomic E-state index is -0.974. The summed E-state index contributed by atoms with van der Waals surface area (Å²) in [5.74, 6) is -0.724. The molecule has 0 radical (unpaired) electrons. The molecular weight excluding hydrogens is 272 g/mol. The van der Waals surface area contributed by atoms with Gasteiger partial charge in [0, 0.05) is 5.57 Å². The maximum atomic E-state index is 12.1. The number of carbonyl (C=O) groups is 2. The van der Waals surface area contributed by atoms with Crippen molar-refractivity contribution in [1.29, 1.82) is 0 Å². The van der Waals surface area contributed by atoms with E-state index in [4.69, 9.17) is 4.74 Å². The van der Waals surface area contributed by atoms with Crippen molar-refractivity contribution in [2.75, 3.05) is 13.7 Å². The largest absolute Gasteiger partial charge is 0.466 e. The summed E-state index contributed by atoms with van der Waals surface area (Å²) in [6.07, 6.45) is 4.39. The molecule has 1 aliphatic rings. The smallest absolute Gasteiger partial charge is 0.333 e. The number of allylic oxidation sites excluding steroid dienone is 3. The third-order valence-electron chi connectivity index (χ3n) is 3.94. The first-order valence-electron chi connectivity index (χ1n) is 7.17. The van der Waals surface area contributed by atoms with Crippen LogP contribution in [0.25, 0.3) is 0 Å². The number of carbonyl (C=O) groups excluding carboxylic acids is 2. The molecule has 0 bridgehead atoms. The molecule has 0 spiro atoms. The van der Waals surface area contributed by atoms with E-state index in [1.165, 1.54) is 7.11 Å². The SMILES string of the molecule is CCOC(=O)C(C)(CC1=CC=C(C(=O)OC)CC1)C(C)O. The topological polar surface area (TPSA) is 72.8 Å². The van der Waals surface area contributed by atoms with E-state index in [-0.39, 0.29) is 12.6 Å². The first-order valence-corrected chi connectivity index (χ1v) is 7.17. The van der Waals surface area contributed by atoms with Crippen LogP contribution in [0.2, 0.25) is 0 Å². The second kappa shape index (κ2) is 7.41. The number of hydrogen-bond acceptors (Lipinski definition) is 5. The lowest BCUT2D eigenvalue weighted by molar-refractivity contribution is -0.160. The Bertz CT molecular complexity index is 461. The highest BCUT2D eigenvalue weighted by Gasteiger charge is 2.40. The molecule has 0 aromatic heterocycles. The monoisotopic (exact) mass is 296 g/mol. The van der Waals surface area contributed by atoms with Crippen molar-refractivity contribution < 1.29 is 24.2 Å². The zero-order valence-electron chi connectivity index (χ0n) is 13.1. The van der Waals surface area contributed by atoms with Crippen LogP contribution in [0.3, 0.4) is 0 Å². The highest BCUT2D eigenvalue weighted by atomic mass is 16.5. The van der Waals surface area contributed by atoms with Crippen LogP contribution in [-0.4, -0.2) is 36.9 Å². The predicted octanol–water partition coefficient (Wildman–Crippen LogP) is 2.15. The van der Waals surface area contributed by atoms with Crippen LogP contribution in [0, 0.1) is 5.41 Å². The molecule has 0 heterocycles. The molecule has 1 aliphatic carbocycles. The summed E-state index contributed by atoms with van der Waals surface area (Å²) >= 11 is 0. The summed E-state index contributed by atoms with van der Waals surface area (Å²) < 4.78 is 9.75. The van der Waals surface area contributed by atoms with Crippen molar-refractivity contribution in [2.24, 2.45) is 5.41 Å². The molecule has 0 aromatic carbocycles. The molecule has 1 N–H and O–H groups in total. The van der Waals surface area contributed by atoms with E-state index < -0.39 is 17.5 Å². The van der Waals surface area contributed by atoms with E-state index in [0.717, 1.165) is 5.57 Å². The molecule has 2 atom stereocenters. The summed E-state index contributed by atoms with van der Waals surface area (Å²) in [7, 11) is 1.35. The normalized spacial score (nSPS) is 18.9. The van der Waals surface area contributed by atoms with Gasteiger partial charge < -0.3 is 14.6 Å². The summed E-state index contributed by atoms with van der Waals surface area (Å²) in [5, 5.41) is 9.96. The minimum absolute atomic E-state index is 0.284. The minimum Gasteiger partial charge on any atom is -0.466 e. The van der Waals surface area contributed by atoms with E-state index >= 15 is 0 Å². The Labute approximate surface area is 125 Å².